The number of carbonyl (C=O) groups excluding carboxylic acids is 2. The molecule has 1 aliphatic heterocycles. The van der Waals surface area contributed by atoms with Gasteiger partial charge in [0, 0.05) is 30.3 Å². The van der Waals surface area contributed by atoms with Crippen LogP contribution in [0.2, 0.25) is 10.0 Å². The molecule has 0 N–H and O–H groups in total. The summed E-state index contributed by atoms with van der Waals surface area (Å²) in [6.45, 7) is 3.38. The van der Waals surface area contributed by atoms with Crippen molar-refractivity contribution >= 4 is 35.1 Å². The van der Waals surface area contributed by atoms with Gasteiger partial charge in [-0.1, -0.05) is 23.2 Å². The third-order valence-corrected chi connectivity index (χ3v) is 6.25. The minimum atomic E-state index is -0.375. The molecule has 0 spiro atoms. The second-order valence-corrected chi connectivity index (χ2v) is 8.36. The van der Waals surface area contributed by atoms with E-state index in [1.54, 1.807) is 25.1 Å². The zero-order valence-corrected chi connectivity index (χ0v) is 17.7. The minimum absolute atomic E-state index is 0.0443. The summed E-state index contributed by atoms with van der Waals surface area (Å²) >= 11 is 12.0. The molecular formula is C21H23Cl2N3O3. The fourth-order valence-corrected chi connectivity index (χ4v) is 4.11. The number of amides is 1. The largest absolute Gasteiger partial charge is 0.461 e. The molecule has 29 heavy (non-hydrogen) atoms. The van der Waals surface area contributed by atoms with E-state index >= 15 is 0 Å². The first-order chi connectivity index (χ1) is 14.0. The van der Waals surface area contributed by atoms with Gasteiger partial charge < -0.3 is 9.64 Å². The van der Waals surface area contributed by atoms with Gasteiger partial charge in [-0.3, -0.25) is 9.48 Å². The van der Waals surface area contributed by atoms with Crippen LogP contribution in [-0.2, 0) is 4.74 Å². The number of likely N-dealkylation sites (tertiary alicyclic amines) is 1. The van der Waals surface area contributed by atoms with Crippen molar-refractivity contribution in [2.24, 2.45) is 0 Å². The molecule has 1 aromatic carbocycles. The van der Waals surface area contributed by atoms with Crippen molar-refractivity contribution < 1.29 is 14.3 Å². The highest BCUT2D eigenvalue weighted by molar-refractivity contribution is 6.42. The Morgan fingerprint density at radius 3 is 2.45 bits per heavy atom. The summed E-state index contributed by atoms with van der Waals surface area (Å²) in [6, 6.07) is 7.01. The maximum atomic E-state index is 12.8. The molecule has 1 aliphatic carbocycles. The first-order valence-electron chi connectivity index (χ1n) is 9.98. The number of benzene rings is 1. The molecule has 6 nitrogen and oxygen atoms in total. The van der Waals surface area contributed by atoms with E-state index in [2.05, 4.69) is 5.10 Å². The Hall–Kier alpha value is -2.05. The Labute approximate surface area is 179 Å². The fourth-order valence-electron chi connectivity index (χ4n) is 3.82. The van der Waals surface area contributed by atoms with Crippen LogP contribution in [0.5, 0.6) is 0 Å². The quantitative estimate of drug-likeness (QED) is 0.637. The van der Waals surface area contributed by atoms with Crippen molar-refractivity contribution in [2.45, 2.75) is 44.6 Å². The van der Waals surface area contributed by atoms with E-state index in [-0.39, 0.29) is 17.9 Å². The van der Waals surface area contributed by atoms with Gasteiger partial charge in [0.05, 0.1) is 22.7 Å². The summed E-state index contributed by atoms with van der Waals surface area (Å²) in [5.41, 5.74) is 2.03. The molecule has 154 valence electrons. The van der Waals surface area contributed by atoms with Crippen molar-refractivity contribution in [2.75, 3.05) is 19.7 Å². The summed E-state index contributed by atoms with van der Waals surface area (Å²) in [5.74, 6) is 0.0547. The Kier molecular flexibility index (Phi) is 5.83. The number of carbonyl (C=O) groups is 2. The van der Waals surface area contributed by atoms with Crippen molar-refractivity contribution in [3.05, 3.63) is 51.3 Å². The van der Waals surface area contributed by atoms with Gasteiger partial charge in [-0.15, -0.1) is 0 Å². The van der Waals surface area contributed by atoms with Crippen LogP contribution < -0.4 is 0 Å². The van der Waals surface area contributed by atoms with Crippen LogP contribution in [0.25, 0.3) is 0 Å². The van der Waals surface area contributed by atoms with E-state index in [9.17, 15) is 9.59 Å². The number of rotatable bonds is 5. The normalized spacial score (nSPS) is 17.4. The molecule has 2 heterocycles. The van der Waals surface area contributed by atoms with Crippen LogP contribution in [0.15, 0.2) is 24.3 Å². The van der Waals surface area contributed by atoms with Gasteiger partial charge in [-0.25, -0.2) is 4.79 Å². The van der Waals surface area contributed by atoms with Gasteiger partial charge in [0.1, 0.15) is 0 Å². The number of ether oxygens (including phenoxy) is 1. The number of hydrogen-bond donors (Lipinski definition) is 0. The predicted octanol–water partition coefficient (Wildman–Crippen LogP) is 4.72. The summed E-state index contributed by atoms with van der Waals surface area (Å²) < 4.78 is 7.12. The van der Waals surface area contributed by atoms with E-state index in [0.717, 1.165) is 31.4 Å². The molecule has 0 bridgehead atoms. The first-order valence-corrected chi connectivity index (χ1v) is 10.7. The average Bonchev–Trinajstić information content (AvgIpc) is 3.48. The van der Waals surface area contributed by atoms with Crippen LogP contribution in [-0.4, -0.2) is 46.3 Å². The average molecular weight is 436 g/mol. The van der Waals surface area contributed by atoms with Gasteiger partial charge in [0.25, 0.3) is 5.91 Å². The lowest BCUT2D eigenvalue weighted by Gasteiger charge is -2.33. The Balaban J connectivity index is 1.46. The van der Waals surface area contributed by atoms with Crippen LogP contribution in [0.4, 0.5) is 0 Å². The Morgan fingerprint density at radius 2 is 1.83 bits per heavy atom. The molecule has 1 aromatic heterocycles. The molecule has 1 saturated carbocycles. The summed E-state index contributed by atoms with van der Waals surface area (Å²) in [6.07, 6.45) is 3.83. The topological polar surface area (TPSA) is 64.4 Å². The smallest absolute Gasteiger partial charge is 0.358 e. The maximum absolute atomic E-state index is 12.8. The van der Waals surface area contributed by atoms with Crippen molar-refractivity contribution in [3.8, 4) is 0 Å². The number of halogens is 2. The molecule has 1 amide bonds. The van der Waals surface area contributed by atoms with Crippen molar-refractivity contribution in [1.82, 2.24) is 14.7 Å². The molecule has 4 rings (SSSR count). The molecule has 2 fully saturated rings. The van der Waals surface area contributed by atoms with Crippen LogP contribution in [0, 0.1) is 0 Å². The lowest BCUT2D eigenvalue weighted by atomic mass is 10.0. The summed E-state index contributed by atoms with van der Waals surface area (Å²) in [5, 5.41) is 5.38. The van der Waals surface area contributed by atoms with E-state index in [1.165, 1.54) is 0 Å². The molecule has 0 radical (unpaired) electrons. The number of hydrogen-bond acceptors (Lipinski definition) is 4. The van der Waals surface area contributed by atoms with Crippen LogP contribution >= 0.6 is 23.2 Å². The number of piperidine rings is 1. The number of nitrogens with zero attached hydrogens (tertiary/aromatic N) is 3. The van der Waals surface area contributed by atoms with Crippen molar-refractivity contribution in [3.63, 3.8) is 0 Å². The lowest BCUT2D eigenvalue weighted by molar-refractivity contribution is 0.0517. The molecule has 0 atom stereocenters. The van der Waals surface area contributed by atoms with Crippen molar-refractivity contribution in [1.29, 1.82) is 0 Å². The monoisotopic (exact) mass is 435 g/mol. The SMILES string of the molecule is CCOC(=O)c1cc(C2CC2)n(C2CCN(C(=O)c3ccc(Cl)c(Cl)c3)CC2)n1. The third-order valence-electron chi connectivity index (χ3n) is 5.51. The zero-order valence-electron chi connectivity index (χ0n) is 16.2. The molecule has 2 aliphatic rings. The molecule has 8 heteroatoms. The molecule has 2 aromatic rings. The number of esters is 1. The van der Waals surface area contributed by atoms with Gasteiger partial charge >= 0.3 is 5.97 Å². The highest BCUT2D eigenvalue weighted by Gasteiger charge is 2.33. The summed E-state index contributed by atoms with van der Waals surface area (Å²) in [7, 11) is 0. The summed E-state index contributed by atoms with van der Waals surface area (Å²) in [4.78, 5) is 26.7. The van der Waals surface area contributed by atoms with Crippen LogP contribution in [0.1, 0.15) is 71.1 Å². The Morgan fingerprint density at radius 1 is 1.10 bits per heavy atom. The van der Waals surface area contributed by atoms with E-state index in [4.69, 9.17) is 27.9 Å². The predicted molar refractivity (Wildman–Crippen MR) is 111 cm³/mol. The fraction of sp³-hybridized carbons (Fsp3) is 0.476. The zero-order chi connectivity index (χ0) is 20.5. The number of aromatic nitrogens is 2. The maximum Gasteiger partial charge on any atom is 0.358 e. The van der Waals surface area contributed by atoms with E-state index in [1.807, 2.05) is 15.6 Å². The van der Waals surface area contributed by atoms with E-state index in [0.29, 0.717) is 46.9 Å². The highest BCUT2D eigenvalue weighted by atomic mass is 35.5. The molecule has 1 saturated heterocycles. The molecule has 0 unspecified atom stereocenters. The van der Waals surface area contributed by atoms with Crippen LogP contribution in [0.3, 0.4) is 0 Å². The second kappa shape index (κ2) is 8.36. The molecular weight excluding hydrogens is 413 g/mol. The third kappa shape index (κ3) is 4.28. The van der Waals surface area contributed by atoms with Gasteiger partial charge in [0.15, 0.2) is 5.69 Å². The highest BCUT2D eigenvalue weighted by Crippen LogP contribution is 2.42. The van der Waals surface area contributed by atoms with Gasteiger partial charge in [-0.05, 0) is 56.9 Å². The lowest BCUT2D eigenvalue weighted by Crippen LogP contribution is -2.39. The van der Waals surface area contributed by atoms with Gasteiger partial charge in [0.2, 0.25) is 0 Å². The second-order valence-electron chi connectivity index (χ2n) is 7.55. The van der Waals surface area contributed by atoms with E-state index < -0.39 is 0 Å². The standard InChI is InChI=1S/C21H23Cl2N3O3/c1-2-29-21(28)18-12-19(13-3-4-13)26(24-18)15-7-9-25(10-8-15)20(27)14-5-6-16(22)17(23)11-14/h5-6,11-13,15H,2-4,7-10H2,1H3. The van der Waals surface area contributed by atoms with Gasteiger partial charge in [-0.2, -0.15) is 5.10 Å². The minimum Gasteiger partial charge on any atom is -0.461 e. The Bertz CT molecular complexity index is 931. The first kappa shape index (κ1) is 20.2.